The summed E-state index contributed by atoms with van der Waals surface area (Å²) in [5.74, 6) is 0.897. The molecule has 196 valence electrons. The van der Waals surface area contributed by atoms with E-state index in [-0.39, 0.29) is 37.3 Å². The summed E-state index contributed by atoms with van der Waals surface area (Å²) in [7, 11) is 0. The summed E-state index contributed by atoms with van der Waals surface area (Å²) in [4.78, 5) is 29.9. The van der Waals surface area contributed by atoms with Crippen LogP contribution in [0.25, 0.3) is 22.8 Å². The number of ether oxygens (including phenoxy) is 1. The maximum absolute atomic E-state index is 13.5. The van der Waals surface area contributed by atoms with Crippen LogP contribution in [0.5, 0.6) is 5.88 Å². The van der Waals surface area contributed by atoms with Crippen molar-refractivity contribution >= 4 is 11.7 Å². The molecular formula is C26H25F2N7O3. The highest BCUT2D eigenvalue weighted by molar-refractivity contribution is 5.77. The van der Waals surface area contributed by atoms with Gasteiger partial charge in [0.25, 0.3) is 0 Å². The summed E-state index contributed by atoms with van der Waals surface area (Å²) in [5, 5.41) is 13.5. The molecule has 12 heteroatoms. The van der Waals surface area contributed by atoms with Crippen LogP contribution < -0.4 is 9.64 Å². The first-order valence-corrected chi connectivity index (χ1v) is 12.1. The number of aromatic nitrogens is 5. The molecule has 0 bridgehead atoms. The predicted molar refractivity (Wildman–Crippen MR) is 134 cm³/mol. The lowest BCUT2D eigenvalue weighted by Gasteiger charge is -2.35. The zero-order valence-electron chi connectivity index (χ0n) is 20.4. The number of carbonyl (C=O) groups excluding carboxylic acids is 1. The fourth-order valence-corrected chi connectivity index (χ4v) is 4.13. The predicted octanol–water partition coefficient (Wildman–Crippen LogP) is 2.40. The lowest BCUT2D eigenvalue weighted by Crippen LogP contribution is -2.50. The minimum Gasteiger partial charge on any atom is -0.475 e. The number of aliphatic hydroxyl groups is 1. The van der Waals surface area contributed by atoms with Gasteiger partial charge in [0.05, 0.1) is 6.61 Å². The number of rotatable bonds is 8. The molecule has 38 heavy (non-hydrogen) atoms. The van der Waals surface area contributed by atoms with E-state index >= 15 is 0 Å². The second-order valence-corrected chi connectivity index (χ2v) is 8.58. The van der Waals surface area contributed by atoms with Crippen LogP contribution in [0.15, 0.2) is 60.9 Å². The molecule has 1 fully saturated rings. The number of carbonyl (C=O) groups is 1. The lowest BCUT2D eigenvalue weighted by molar-refractivity contribution is -0.132. The van der Waals surface area contributed by atoms with Gasteiger partial charge >= 0.3 is 0 Å². The van der Waals surface area contributed by atoms with Gasteiger partial charge in [-0.15, -0.1) is 5.10 Å². The summed E-state index contributed by atoms with van der Waals surface area (Å²) < 4.78 is 33.8. The minimum atomic E-state index is -0.386. The summed E-state index contributed by atoms with van der Waals surface area (Å²) in [5.41, 5.74) is 1.20. The van der Waals surface area contributed by atoms with Crippen molar-refractivity contribution in [2.24, 2.45) is 0 Å². The van der Waals surface area contributed by atoms with E-state index in [9.17, 15) is 13.6 Å². The molecule has 0 radical (unpaired) electrons. The Morgan fingerprint density at radius 3 is 2.24 bits per heavy atom. The van der Waals surface area contributed by atoms with Crippen LogP contribution in [0.4, 0.5) is 14.6 Å². The van der Waals surface area contributed by atoms with Crippen LogP contribution in [-0.4, -0.2) is 80.0 Å². The molecule has 2 aromatic carbocycles. The molecule has 0 aliphatic carbocycles. The third-order valence-electron chi connectivity index (χ3n) is 6.09. The topological polar surface area (TPSA) is 110 Å². The standard InChI is InChI=1S/C26H25F2N7O3/c27-20-5-1-18(2-6-20)25-31-26(19-3-7-21(28)8-4-19)35(32-25)16-24(37)34-11-9-33(10-12-34)22-15-23(30-17-29-22)38-14-13-36/h1-8,15,17,36H,9-14,16H2. The van der Waals surface area contributed by atoms with Gasteiger partial charge in [0.15, 0.2) is 11.6 Å². The Kier molecular flexibility index (Phi) is 7.50. The van der Waals surface area contributed by atoms with Crippen molar-refractivity contribution < 1.29 is 23.4 Å². The number of anilines is 1. The first kappa shape index (κ1) is 25.2. The maximum Gasteiger partial charge on any atom is 0.244 e. The van der Waals surface area contributed by atoms with E-state index < -0.39 is 0 Å². The van der Waals surface area contributed by atoms with Gasteiger partial charge in [-0.3, -0.25) is 4.79 Å². The van der Waals surface area contributed by atoms with Gasteiger partial charge in [-0.25, -0.2) is 28.4 Å². The molecule has 5 rings (SSSR count). The monoisotopic (exact) mass is 521 g/mol. The van der Waals surface area contributed by atoms with E-state index in [4.69, 9.17) is 9.84 Å². The molecule has 0 spiro atoms. The van der Waals surface area contributed by atoms with E-state index in [2.05, 4.69) is 20.1 Å². The van der Waals surface area contributed by atoms with Gasteiger partial charge in [0.2, 0.25) is 11.8 Å². The van der Waals surface area contributed by atoms with Crippen molar-refractivity contribution in [2.75, 3.05) is 44.3 Å². The summed E-state index contributed by atoms with van der Waals surface area (Å²) in [6.07, 6.45) is 1.40. The molecule has 4 aromatic rings. The van der Waals surface area contributed by atoms with E-state index in [1.54, 1.807) is 35.2 Å². The molecule has 1 saturated heterocycles. The largest absolute Gasteiger partial charge is 0.475 e. The van der Waals surface area contributed by atoms with Gasteiger partial charge < -0.3 is 19.6 Å². The summed E-state index contributed by atoms with van der Waals surface area (Å²) in [6.45, 7) is 2.04. The fourth-order valence-electron chi connectivity index (χ4n) is 4.13. The molecule has 1 amide bonds. The SMILES string of the molecule is O=C(Cn1nc(-c2ccc(F)cc2)nc1-c1ccc(F)cc1)N1CCN(c2cc(OCCO)ncn2)CC1. The van der Waals surface area contributed by atoms with Gasteiger partial charge in [-0.2, -0.15) is 0 Å². The van der Waals surface area contributed by atoms with Crippen molar-refractivity contribution in [1.29, 1.82) is 0 Å². The number of hydrogen-bond acceptors (Lipinski definition) is 8. The average Bonchev–Trinajstić information content (AvgIpc) is 3.36. The molecule has 1 aliphatic heterocycles. The van der Waals surface area contributed by atoms with E-state index in [0.717, 1.165) is 0 Å². The Balaban J connectivity index is 1.30. The Hall–Kier alpha value is -4.45. The normalized spacial score (nSPS) is 13.6. The Bertz CT molecular complexity index is 1390. The number of benzene rings is 2. The number of amides is 1. The number of piperazine rings is 1. The van der Waals surface area contributed by atoms with Crippen molar-refractivity contribution in [3.63, 3.8) is 0 Å². The van der Waals surface area contributed by atoms with E-state index in [0.29, 0.717) is 60.7 Å². The number of halogens is 2. The second kappa shape index (κ2) is 11.3. The van der Waals surface area contributed by atoms with Crippen molar-refractivity contribution in [3.05, 3.63) is 72.6 Å². The molecular weight excluding hydrogens is 496 g/mol. The Labute approximate surface area is 217 Å². The lowest BCUT2D eigenvalue weighted by atomic mass is 10.2. The zero-order chi connectivity index (χ0) is 26.5. The molecule has 2 aromatic heterocycles. The fraction of sp³-hybridized carbons (Fsp3) is 0.269. The van der Waals surface area contributed by atoms with Gasteiger partial charge in [-0.1, -0.05) is 0 Å². The number of hydrogen-bond donors (Lipinski definition) is 1. The quantitative estimate of drug-likeness (QED) is 0.377. The average molecular weight is 522 g/mol. The number of aliphatic hydroxyl groups excluding tert-OH is 1. The highest BCUT2D eigenvalue weighted by Crippen LogP contribution is 2.24. The molecule has 1 N–H and O–H groups in total. The van der Waals surface area contributed by atoms with Crippen LogP contribution >= 0.6 is 0 Å². The van der Waals surface area contributed by atoms with Crippen molar-refractivity contribution in [1.82, 2.24) is 29.6 Å². The van der Waals surface area contributed by atoms with E-state index in [1.807, 2.05) is 4.90 Å². The summed E-state index contributed by atoms with van der Waals surface area (Å²) >= 11 is 0. The third kappa shape index (κ3) is 5.75. The van der Waals surface area contributed by atoms with Gasteiger partial charge in [0, 0.05) is 43.4 Å². The first-order chi connectivity index (χ1) is 18.5. The first-order valence-electron chi connectivity index (χ1n) is 12.1. The summed E-state index contributed by atoms with van der Waals surface area (Å²) in [6, 6.07) is 13.3. The van der Waals surface area contributed by atoms with Crippen LogP contribution in [0, 0.1) is 11.6 Å². The highest BCUT2D eigenvalue weighted by atomic mass is 19.1. The molecule has 0 atom stereocenters. The van der Waals surface area contributed by atoms with Crippen LogP contribution in [-0.2, 0) is 11.3 Å². The van der Waals surface area contributed by atoms with Crippen molar-refractivity contribution in [2.45, 2.75) is 6.54 Å². The van der Waals surface area contributed by atoms with Gasteiger partial charge in [-0.05, 0) is 48.5 Å². The van der Waals surface area contributed by atoms with Gasteiger partial charge in [0.1, 0.15) is 36.9 Å². The smallest absolute Gasteiger partial charge is 0.244 e. The van der Waals surface area contributed by atoms with Crippen molar-refractivity contribution in [3.8, 4) is 28.7 Å². The maximum atomic E-state index is 13.5. The second-order valence-electron chi connectivity index (χ2n) is 8.58. The molecule has 10 nitrogen and oxygen atoms in total. The third-order valence-corrected chi connectivity index (χ3v) is 6.09. The number of nitrogens with zero attached hydrogens (tertiary/aromatic N) is 7. The van der Waals surface area contributed by atoms with Crippen LogP contribution in [0.1, 0.15) is 0 Å². The Morgan fingerprint density at radius 1 is 0.921 bits per heavy atom. The minimum absolute atomic E-state index is 0.0619. The Morgan fingerprint density at radius 2 is 1.58 bits per heavy atom. The molecule has 1 aliphatic rings. The van der Waals surface area contributed by atoms with E-state index in [1.165, 1.54) is 35.3 Å². The molecule has 3 heterocycles. The van der Waals surface area contributed by atoms with Crippen LogP contribution in [0.2, 0.25) is 0 Å². The molecule has 0 unspecified atom stereocenters. The van der Waals surface area contributed by atoms with Crippen LogP contribution in [0.3, 0.4) is 0 Å². The zero-order valence-corrected chi connectivity index (χ0v) is 20.4. The highest BCUT2D eigenvalue weighted by Gasteiger charge is 2.24. The molecule has 0 saturated carbocycles.